The number of pyridine rings is 1. The Hall–Kier alpha value is -0.890. The predicted octanol–water partition coefficient (Wildman–Crippen LogP) is -0.313. The average Bonchev–Trinajstić information content (AvgIpc) is 2.19. The Labute approximate surface area is 97.3 Å². The summed E-state index contributed by atoms with van der Waals surface area (Å²) < 4.78 is 25.4. The van der Waals surface area contributed by atoms with Crippen LogP contribution in [0.2, 0.25) is 5.02 Å². The van der Waals surface area contributed by atoms with E-state index in [9.17, 15) is 13.2 Å². The lowest BCUT2D eigenvalue weighted by molar-refractivity contribution is 0.198. The molecule has 0 bridgehead atoms. The molecule has 0 saturated heterocycles. The molecule has 16 heavy (non-hydrogen) atoms. The molecule has 0 aromatic carbocycles. The first-order valence-electron chi connectivity index (χ1n) is 4.39. The molecule has 90 valence electrons. The van der Waals surface area contributed by atoms with E-state index < -0.39 is 21.7 Å². The topological polar surface area (TPSA) is 99.3 Å². The molecule has 0 aliphatic heterocycles. The molecular formula is C8H11ClN2O4S. The Bertz CT molecular complexity index is 523. The highest BCUT2D eigenvalue weighted by Crippen LogP contribution is 2.09. The maximum Gasteiger partial charge on any atom is 0.266 e. The van der Waals surface area contributed by atoms with E-state index in [1.54, 1.807) is 0 Å². The van der Waals surface area contributed by atoms with Crippen molar-refractivity contribution in [1.29, 1.82) is 0 Å². The van der Waals surface area contributed by atoms with Crippen LogP contribution in [0.4, 0.5) is 0 Å². The lowest BCUT2D eigenvalue weighted by Crippen LogP contribution is -2.31. The molecule has 1 aromatic heterocycles. The molecule has 1 atom stereocenters. The summed E-state index contributed by atoms with van der Waals surface area (Å²) in [6, 6.07) is 1.05. The number of aromatic amines is 1. The summed E-state index contributed by atoms with van der Waals surface area (Å²) in [7, 11) is -3.76. The van der Waals surface area contributed by atoms with Crippen molar-refractivity contribution in [3.63, 3.8) is 0 Å². The van der Waals surface area contributed by atoms with Gasteiger partial charge in [-0.25, -0.2) is 13.1 Å². The first-order valence-corrected chi connectivity index (χ1v) is 6.25. The molecule has 1 heterocycles. The zero-order valence-corrected chi connectivity index (χ0v) is 9.97. The van der Waals surface area contributed by atoms with E-state index in [1.165, 1.54) is 6.92 Å². The van der Waals surface area contributed by atoms with Gasteiger partial charge >= 0.3 is 0 Å². The number of aliphatic hydroxyl groups is 1. The molecule has 0 fully saturated rings. The maximum absolute atomic E-state index is 11.6. The zero-order chi connectivity index (χ0) is 12.3. The van der Waals surface area contributed by atoms with E-state index in [-0.39, 0.29) is 16.5 Å². The second kappa shape index (κ2) is 4.96. The minimum atomic E-state index is -3.76. The van der Waals surface area contributed by atoms with Gasteiger partial charge in [-0.2, -0.15) is 0 Å². The number of hydrogen-bond donors (Lipinski definition) is 3. The van der Waals surface area contributed by atoms with Gasteiger partial charge in [0.05, 0.1) is 11.0 Å². The van der Waals surface area contributed by atoms with Gasteiger partial charge < -0.3 is 10.1 Å². The molecule has 1 aromatic rings. The molecule has 0 aliphatic carbocycles. The SMILES string of the molecule is C[C@H](O)CNS(=O)(=O)c1c[nH]c(=O)c(Cl)c1. The van der Waals surface area contributed by atoms with Crippen molar-refractivity contribution in [2.75, 3.05) is 6.54 Å². The van der Waals surface area contributed by atoms with E-state index in [4.69, 9.17) is 16.7 Å². The fraction of sp³-hybridized carbons (Fsp3) is 0.375. The summed E-state index contributed by atoms with van der Waals surface area (Å²) in [6.45, 7) is 1.33. The van der Waals surface area contributed by atoms with Crippen LogP contribution >= 0.6 is 11.6 Å². The molecular weight excluding hydrogens is 256 g/mol. The molecule has 0 spiro atoms. The van der Waals surface area contributed by atoms with Gasteiger partial charge in [-0.3, -0.25) is 4.79 Å². The summed E-state index contributed by atoms with van der Waals surface area (Å²) in [5.74, 6) is 0. The van der Waals surface area contributed by atoms with E-state index in [0.717, 1.165) is 12.3 Å². The Kier molecular flexibility index (Phi) is 4.09. The maximum atomic E-state index is 11.6. The van der Waals surface area contributed by atoms with Crippen LogP contribution in [0, 0.1) is 0 Å². The lowest BCUT2D eigenvalue weighted by Gasteiger charge is -2.08. The zero-order valence-electron chi connectivity index (χ0n) is 8.40. The van der Waals surface area contributed by atoms with Gasteiger partial charge in [0.25, 0.3) is 5.56 Å². The third kappa shape index (κ3) is 3.31. The van der Waals surface area contributed by atoms with Gasteiger partial charge in [0.2, 0.25) is 10.0 Å². The predicted molar refractivity (Wildman–Crippen MR) is 58.9 cm³/mol. The summed E-state index contributed by atoms with van der Waals surface area (Å²) in [5, 5.41) is 8.74. The van der Waals surface area contributed by atoms with Crippen LogP contribution in [0.1, 0.15) is 6.92 Å². The second-order valence-electron chi connectivity index (χ2n) is 3.21. The molecule has 3 N–H and O–H groups in total. The summed E-state index contributed by atoms with van der Waals surface area (Å²) >= 11 is 5.50. The number of nitrogens with one attached hydrogen (secondary N) is 2. The van der Waals surface area contributed by atoms with E-state index in [0.29, 0.717) is 0 Å². The quantitative estimate of drug-likeness (QED) is 0.696. The smallest absolute Gasteiger partial charge is 0.266 e. The summed E-state index contributed by atoms with van der Waals surface area (Å²) in [4.78, 5) is 13.0. The molecule has 1 rings (SSSR count). The number of sulfonamides is 1. The van der Waals surface area contributed by atoms with Gasteiger partial charge in [-0.05, 0) is 13.0 Å². The van der Waals surface area contributed by atoms with E-state index >= 15 is 0 Å². The third-order valence-electron chi connectivity index (χ3n) is 1.71. The van der Waals surface area contributed by atoms with Crippen molar-refractivity contribution in [3.8, 4) is 0 Å². The summed E-state index contributed by atoms with van der Waals surface area (Å²) in [5.41, 5.74) is -0.559. The number of hydrogen-bond acceptors (Lipinski definition) is 4. The van der Waals surface area contributed by atoms with Crippen LogP contribution in [0.5, 0.6) is 0 Å². The van der Waals surface area contributed by atoms with Gasteiger partial charge in [0, 0.05) is 12.7 Å². The molecule has 0 aliphatic rings. The number of halogens is 1. The minimum Gasteiger partial charge on any atom is -0.392 e. The Balaban J connectivity index is 2.99. The number of aliphatic hydroxyl groups excluding tert-OH is 1. The van der Waals surface area contributed by atoms with Crippen molar-refractivity contribution in [1.82, 2.24) is 9.71 Å². The molecule has 0 saturated carbocycles. The normalized spacial score (nSPS) is 13.7. The van der Waals surface area contributed by atoms with Gasteiger partial charge in [-0.1, -0.05) is 11.6 Å². The van der Waals surface area contributed by atoms with Crippen LogP contribution in [0.25, 0.3) is 0 Å². The van der Waals surface area contributed by atoms with Gasteiger partial charge in [0.1, 0.15) is 5.02 Å². The fourth-order valence-corrected chi connectivity index (χ4v) is 2.26. The van der Waals surface area contributed by atoms with E-state index in [1.807, 2.05) is 0 Å². The van der Waals surface area contributed by atoms with Crippen LogP contribution in [-0.4, -0.2) is 31.2 Å². The highest BCUT2D eigenvalue weighted by Gasteiger charge is 2.15. The number of aromatic nitrogens is 1. The molecule has 0 amide bonds. The van der Waals surface area contributed by atoms with Crippen LogP contribution in [0.15, 0.2) is 22.0 Å². The highest BCUT2D eigenvalue weighted by atomic mass is 35.5. The Morgan fingerprint density at radius 3 is 2.75 bits per heavy atom. The highest BCUT2D eigenvalue weighted by molar-refractivity contribution is 7.89. The Morgan fingerprint density at radius 1 is 1.62 bits per heavy atom. The van der Waals surface area contributed by atoms with Gasteiger partial charge in [0.15, 0.2) is 0 Å². The standard InChI is InChI=1S/C8H11ClN2O4S/c1-5(12)3-11-16(14,15)6-2-7(9)8(13)10-4-6/h2,4-5,11-12H,3H2,1H3,(H,10,13)/t5-/m0/s1. The first-order chi connectivity index (χ1) is 7.33. The summed E-state index contributed by atoms with van der Waals surface area (Å²) in [6.07, 6.45) is 0.242. The molecule has 0 unspecified atom stereocenters. The third-order valence-corrected chi connectivity index (χ3v) is 3.39. The monoisotopic (exact) mass is 266 g/mol. The first kappa shape index (κ1) is 13.2. The lowest BCUT2D eigenvalue weighted by atomic mass is 10.4. The van der Waals surface area contributed by atoms with E-state index in [2.05, 4.69) is 9.71 Å². The molecule has 0 radical (unpaired) electrons. The number of rotatable bonds is 4. The average molecular weight is 267 g/mol. The van der Waals surface area contributed by atoms with Crippen molar-refractivity contribution in [2.45, 2.75) is 17.9 Å². The largest absolute Gasteiger partial charge is 0.392 e. The van der Waals surface area contributed by atoms with Crippen LogP contribution < -0.4 is 10.3 Å². The van der Waals surface area contributed by atoms with Crippen molar-refractivity contribution in [3.05, 3.63) is 27.6 Å². The van der Waals surface area contributed by atoms with Crippen LogP contribution in [-0.2, 0) is 10.0 Å². The van der Waals surface area contributed by atoms with Crippen molar-refractivity contribution in [2.24, 2.45) is 0 Å². The second-order valence-corrected chi connectivity index (χ2v) is 5.39. The van der Waals surface area contributed by atoms with Gasteiger partial charge in [-0.15, -0.1) is 0 Å². The fourth-order valence-electron chi connectivity index (χ4n) is 0.907. The Morgan fingerprint density at radius 2 is 2.25 bits per heavy atom. The number of H-pyrrole nitrogens is 1. The van der Waals surface area contributed by atoms with Crippen LogP contribution in [0.3, 0.4) is 0 Å². The van der Waals surface area contributed by atoms with Crippen molar-refractivity contribution < 1.29 is 13.5 Å². The molecule has 8 heteroatoms. The minimum absolute atomic E-state index is 0.112. The molecule has 6 nitrogen and oxygen atoms in total. The van der Waals surface area contributed by atoms with Crippen molar-refractivity contribution >= 4 is 21.6 Å².